The number of halogens is 1. The molecule has 1 unspecified atom stereocenters. The molecule has 100 valence electrons. The van der Waals surface area contributed by atoms with Crippen LogP contribution in [0.25, 0.3) is 0 Å². The van der Waals surface area contributed by atoms with Gasteiger partial charge in [0.05, 0.1) is 13.1 Å². The van der Waals surface area contributed by atoms with E-state index in [9.17, 15) is 14.7 Å². The first kappa shape index (κ1) is 14.9. The van der Waals surface area contributed by atoms with Crippen LogP contribution in [0.5, 0.6) is 0 Å². The van der Waals surface area contributed by atoms with Crippen molar-refractivity contribution in [2.45, 2.75) is 19.1 Å². The number of nitrogens with one attached hydrogen (secondary N) is 2. The number of amides is 2. The summed E-state index contributed by atoms with van der Waals surface area (Å²) >= 11 is 4.81. The minimum Gasteiger partial charge on any atom is -0.479 e. The van der Waals surface area contributed by atoms with Gasteiger partial charge in [0.2, 0.25) is 0 Å². The normalized spacial score (nSPS) is 13.7. The number of hydrogen-bond acceptors (Lipinski definition) is 4. The lowest BCUT2D eigenvalue weighted by Crippen LogP contribution is -2.48. The van der Waals surface area contributed by atoms with Crippen LogP contribution in [0.15, 0.2) is 15.9 Å². The van der Waals surface area contributed by atoms with Crippen molar-refractivity contribution in [2.24, 2.45) is 0 Å². The fourth-order valence-corrected chi connectivity index (χ4v) is 2.43. The van der Waals surface area contributed by atoms with Crippen LogP contribution in [0, 0.1) is 0 Å². The van der Waals surface area contributed by atoms with E-state index in [1.165, 1.54) is 11.3 Å². The van der Waals surface area contributed by atoms with Crippen molar-refractivity contribution in [3.05, 3.63) is 20.8 Å². The smallest absolute Gasteiger partial charge is 0.337 e. The first-order valence-electron chi connectivity index (χ1n) is 5.02. The standard InChI is InChI=1S/C10H13BrN2O4S/c1-10(17,8(14)15)5-13-9(16)12-4-7-6(11)2-3-18-7/h2-3,17H,4-5H2,1H3,(H,14,15)(H2,12,13,16). The summed E-state index contributed by atoms with van der Waals surface area (Å²) in [4.78, 5) is 22.9. The lowest BCUT2D eigenvalue weighted by molar-refractivity contribution is -0.155. The zero-order valence-corrected chi connectivity index (χ0v) is 12.0. The van der Waals surface area contributed by atoms with Gasteiger partial charge in [-0.15, -0.1) is 11.3 Å². The Labute approximate surface area is 116 Å². The van der Waals surface area contributed by atoms with Crippen LogP contribution in [0.2, 0.25) is 0 Å². The molecule has 0 saturated heterocycles. The molecule has 4 N–H and O–H groups in total. The van der Waals surface area contributed by atoms with Crippen molar-refractivity contribution < 1.29 is 19.8 Å². The highest BCUT2D eigenvalue weighted by molar-refractivity contribution is 9.10. The Morgan fingerprint density at radius 3 is 2.67 bits per heavy atom. The molecule has 1 aromatic heterocycles. The number of aliphatic carboxylic acids is 1. The number of carboxylic acid groups (broad SMARTS) is 1. The molecule has 0 saturated carbocycles. The van der Waals surface area contributed by atoms with Gasteiger partial charge in [0.25, 0.3) is 0 Å². The average Bonchev–Trinajstić information content (AvgIpc) is 2.69. The summed E-state index contributed by atoms with van der Waals surface area (Å²) in [7, 11) is 0. The number of hydrogen-bond donors (Lipinski definition) is 4. The largest absolute Gasteiger partial charge is 0.479 e. The molecule has 0 spiro atoms. The highest BCUT2D eigenvalue weighted by Crippen LogP contribution is 2.21. The maximum absolute atomic E-state index is 11.4. The SMILES string of the molecule is CC(O)(CNC(=O)NCc1sccc1Br)C(=O)O. The molecule has 1 atom stereocenters. The van der Waals surface area contributed by atoms with E-state index in [1.54, 1.807) is 0 Å². The fraction of sp³-hybridized carbons (Fsp3) is 0.400. The lowest BCUT2D eigenvalue weighted by Gasteiger charge is -2.18. The second-order valence-corrected chi connectivity index (χ2v) is 5.66. The van der Waals surface area contributed by atoms with Crippen LogP contribution in [-0.2, 0) is 11.3 Å². The summed E-state index contributed by atoms with van der Waals surface area (Å²) < 4.78 is 0.908. The van der Waals surface area contributed by atoms with Crippen LogP contribution in [-0.4, -0.2) is 34.4 Å². The summed E-state index contributed by atoms with van der Waals surface area (Å²) in [5, 5.41) is 24.8. The number of thiophene rings is 1. The van der Waals surface area contributed by atoms with Gasteiger partial charge in [0, 0.05) is 9.35 Å². The van der Waals surface area contributed by atoms with Gasteiger partial charge >= 0.3 is 12.0 Å². The van der Waals surface area contributed by atoms with Gasteiger partial charge in [-0.05, 0) is 34.3 Å². The molecule has 0 radical (unpaired) electrons. The maximum Gasteiger partial charge on any atom is 0.337 e. The molecule has 0 aromatic carbocycles. The number of rotatable bonds is 5. The molecule has 0 aliphatic carbocycles. The van der Waals surface area contributed by atoms with Gasteiger partial charge < -0.3 is 20.8 Å². The number of carboxylic acids is 1. The van der Waals surface area contributed by atoms with Gasteiger partial charge in [0.15, 0.2) is 5.60 Å². The Bertz CT molecular complexity index is 447. The van der Waals surface area contributed by atoms with Crippen molar-refractivity contribution in [1.29, 1.82) is 0 Å². The Morgan fingerprint density at radius 1 is 1.50 bits per heavy atom. The maximum atomic E-state index is 11.4. The Kier molecular flexibility index (Phi) is 5.12. The van der Waals surface area contributed by atoms with Crippen LogP contribution < -0.4 is 10.6 Å². The molecular weight excluding hydrogens is 324 g/mol. The number of carbonyl (C=O) groups excluding carboxylic acids is 1. The van der Waals surface area contributed by atoms with Gasteiger partial charge in [0.1, 0.15) is 0 Å². The van der Waals surface area contributed by atoms with Crippen molar-refractivity contribution in [1.82, 2.24) is 10.6 Å². The third kappa shape index (κ3) is 4.28. The molecule has 0 aliphatic rings. The lowest BCUT2D eigenvalue weighted by atomic mass is 10.1. The predicted octanol–water partition coefficient (Wildman–Crippen LogP) is 1.15. The summed E-state index contributed by atoms with van der Waals surface area (Å²) in [6.45, 7) is 1.09. The average molecular weight is 337 g/mol. The highest BCUT2D eigenvalue weighted by Gasteiger charge is 2.30. The molecule has 0 fully saturated rings. The minimum atomic E-state index is -1.97. The Morgan fingerprint density at radius 2 is 2.17 bits per heavy atom. The summed E-state index contributed by atoms with van der Waals surface area (Å²) in [5.74, 6) is -1.39. The second kappa shape index (κ2) is 6.17. The van der Waals surface area contributed by atoms with Gasteiger partial charge in [-0.3, -0.25) is 0 Å². The molecule has 18 heavy (non-hydrogen) atoms. The van der Waals surface area contributed by atoms with E-state index in [1.807, 2.05) is 11.4 Å². The summed E-state index contributed by atoms with van der Waals surface area (Å²) in [6, 6.07) is 1.34. The second-order valence-electron chi connectivity index (χ2n) is 3.81. The monoisotopic (exact) mass is 336 g/mol. The van der Waals surface area contributed by atoms with E-state index in [-0.39, 0.29) is 6.54 Å². The van der Waals surface area contributed by atoms with E-state index < -0.39 is 17.6 Å². The predicted molar refractivity (Wildman–Crippen MR) is 70.5 cm³/mol. The minimum absolute atomic E-state index is 0.333. The Hall–Kier alpha value is -1.12. The van der Waals surface area contributed by atoms with E-state index in [2.05, 4.69) is 26.6 Å². The molecule has 0 aliphatic heterocycles. The number of urea groups is 1. The first-order valence-corrected chi connectivity index (χ1v) is 6.69. The molecule has 2 amide bonds. The van der Waals surface area contributed by atoms with Gasteiger partial charge in [-0.2, -0.15) is 0 Å². The number of carbonyl (C=O) groups is 2. The van der Waals surface area contributed by atoms with Crippen LogP contribution in [0.1, 0.15) is 11.8 Å². The fourth-order valence-electron chi connectivity index (χ4n) is 1.00. The molecule has 1 rings (SSSR count). The van der Waals surface area contributed by atoms with Crippen molar-refractivity contribution >= 4 is 39.3 Å². The molecule has 8 heteroatoms. The van der Waals surface area contributed by atoms with E-state index >= 15 is 0 Å². The topological polar surface area (TPSA) is 98.7 Å². The molecule has 1 heterocycles. The van der Waals surface area contributed by atoms with E-state index in [0.717, 1.165) is 16.3 Å². The molecule has 0 bridgehead atoms. The van der Waals surface area contributed by atoms with Crippen LogP contribution in [0.4, 0.5) is 4.79 Å². The van der Waals surface area contributed by atoms with Crippen molar-refractivity contribution in [3.8, 4) is 0 Å². The van der Waals surface area contributed by atoms with Crippen LogP contribution in [0.3, 0.4) is 0 Å². The zero-order valence-electron chi connectivity index (χ0n) is 9.57. The third-order valence-electron chi connectivity index (χ3n) is 2.15. The quantitative estimate of drug-likeness (QED) is 0.648. The van der Waals surface area contributed by atoms with Gasteiger partial charge in [-0.1, -0.05) is 0 Å². The van der Waals surface area contributed by atoms with E-state index in [0.29, 0.717) is 6.54 Å². The molecular formula is C10H13BrN2O4S. The zero-order chi connectivity index (χ0) is 13.8. The van der Waals surface area contributed by atoms with E-state index in [4.69, 9.17) is 5.11 Å². The molecule has 1 aromatic rings. The first-order chi connectivity index (χ1) is 8.33. The van der Waals surface area contributed by atoms with Crippen molar-refractivity contribution in [2.75, 3.05) is 6.54 Å². The van der Waals surface area contributed by atoms with Crippen LogP contribution >= 0.6 is 27.3 Å². The third-order valence-corrected chi connectivity index (χ3v) is 4.08. The summed E-state index contributed by atoms with van der Waals surface area (Å²) in [6.07, 6.45) is 0. The van der Waals surface area contributed by atoms with Gasteiger partial charge in [-0.25, -0.2) is 9.59 Å². The Balaban J connectivity index is 2.35. The highest BCUT2D eigenvalue weighted by atomic mass is 79.9. The molecule has 6 nitrogen and oxygen atoms in total. The number of aliphatic hydroxyl groups is 1. The summed E-state index contributed by atoms with van der Waals surface area (Å²) in [5.41, 5.74) is -1.97. The van der Waals surface area contributed by atoms with Crippen molar-refractivity contribution in [3.63, 3.8) is 0 Å².